The molecule has 1 amide bonds. The fourth-order valence-electron chi connectivity index (χ4n) is 1.94. The Morgan fingerprint density at radius 1 is 1.42 bits per heavy atom. The average molecular weight is 328 g/mol. The van der Waals surface area contributed by atoms with Crippen LogP contribution in [0.15, 0.2) is 18.2 Å². The highest BCUT2D eigenvalue weighted by molar-refractivity contribution is 9.09. The van der Waals surface area contributed by atoms with Gasteiger partial charge in [0.25, 0.3) is 5.91 Å². The van der Waals surface area contributed by atoms with Crippen LogP contribution in [0.2, 0.25) is 0 Å². The van der Waals surface area contributed by atoms with Gasteiger partial charge in [0.2, 0.25) is 0 Å². The molecule has 0 aliphatic rings. The Morgan fingerprint density at radius 3 is 2.63 bits per heavy atom. The third-order valence-corrected chi connectivity index (χ3v) is 3.63. The monoisotopic (exact) mass is 327 g/mol. The molecule has 0 fully saturated rings. The number of rotatable bonds is 6. The fraction of sp³-hybridized carbons (Fsp3) is 0.533. The van der Waals surface area contributed by atoms with Crippen LogP contribution in [0.5, 0.6) is 5.75 Å². The molecule has 0 spiro atoms. The Bertz CT molecular complexity index is 432. The van der Waals surface area contributed by atoms with E-state index < -0.39 is 0 Å². The summed E-state index contributed by atoms with van der Waals surface area (Å²) >= 11 is 3.41. The standard InChI is InChI=1S/C15H22BrNO2/c1-11(2)17(9-5-8-16)15(18)13-7-6-12(3)14(10-13)19-4/h6-7,10-11H,5,8-9H2,1-4H3. The number of benzene rings is 1. The number of alkyl halides is 1. The molecule has 4 heteroatoms. The van der Waals surface area contributed by atoms with E-state index in [1.54, 1.807) is 7.11 Å². The van der Waals surface area contributed by atoms with Crippen molar-refractivity contribution in [1.82, 2.24) is 4.90 Å². The molecule has 3 nitrogen and oxygen atoms in total. The summed E-state index contributed by atoms with van der Waals surface area (Å²) in [5, 5.41) is 0.903. The van der Waals surface area contributed by atoms with Crippen molar-refractivity contribution in [3.63, 3.8) is 0 Å². The number of amides is 1. The molecule has 0 aromatic heterocycles. The molecule has 0 heterocycles. The second-order valence-electron chi connectivity index (χ2n) is 4.82. The second kappa shape index (κ2) is 7.53. The summed E-state index contributed by atoms with van der Waals surface area (Å²) in [6.07, 6.45) is 0.951. The van der Waals surface area contributed by atoms with Gasteiger partial charge in [0.1, 0.15) is 5.75 Å². The maximum absolute atomic E-state index is 12.5. The van der Waals surface area contributed by atoms with Crippen LogP contribution in [0, 0.1) is 6.92 Å². The van der Waals surface area contributed by atoms with E-state index >= 15 is 0 Å². The van der Waals surface area contributed by atoms with Crippen LogP contribution in [0.3, 0.4) is 0 Å². The number of hydrogen-bond donors (Lipinski definition) is 0. The lowest BCUT2D eigenvalue weighted by Gasteiger charge is -2.27. The Balaban J connectivity index is 2.95. The predicted octanol–water partition coefficient (Wildman–Crippen LogP) is 3.64. The third-order valence-electron chi connectivity index (χ3n) is 3.07. The van der Waals surface area contributed by atoms with Gasteiger partial charge in [-0.2, -0.15) is 0 Å². The summed E-state index contributed by atoms with van der Waals surface area (Å²) in [6.45, 7) is 6.81. The van der Waals surface area contributed by atoms with E-state index in [1.807, 2.05) is 43.9 Å². The van der Waals surface area contributed by atoms with E-state index in [4.69, 9.17) is 4.74 Å². The van der Waals surface area contributed by atoms with Crippen LogP contribution >= 0.6 is 15.9 Å². The van der Waals surface area contributed by atoms with Gasteiger partial charge in [-0.05, 0) is 44.9 Å². The summed E-state index contributed by atoms with van der Waals surface area (Å²) in [6, 6.07) is 5.80. The number of nitrogens with zero attached hydrogens (tertiary/aromatic N) is 1. The number of aryl methyl sites for hydroxylation is 1. The van der Waals surface area contributed by atoms with Crippen molar-refractivity contribution < 1.29 is 9.53 Å². The van der Waals surface area contributed by atoms with Crippen LogP contribution in [-0.2, 0) is 0 Å². The zero-order chi connectivity index (χ0) is 14.4. The molecule has 106 valence electrons. The Morgan fingerprint density at radius 2 is 2.11 bits per heavy atom. The summed E-state index contributed by atoms with van der Waals surface area (Å²) in [4.78, 5) is 14.4. The lowest BCUT2D eigenvalue weighted by Crippen LogP contribution is -2.37. The molecule has 1 rings (SSSR count). The molecule has 0 N–H and O–H groups in total. The Labute approximate surface area is 124 Å². The van der Waals surface area contributed by atoms with E-state index in [1.165, 1.54) is 0 Å². The molecule has 0 unspecified atom stereocenters. The van der Waals surface area contributed by atoms with Crippen LogP contribution in [0.4, 0.5) is 0 Å². The van der Waals surface area contributed by atoms with Gasteiger partial charge in [-0.25, -0.2) is 0 Å². The lowest BCUT2D eigenvalue weighted by atomic mass is 10.1. The van der Waals surface area contributed by atoms with Crippen LogP contribution in [0.25, 0.3) is 0 Å². The smallest absolute Gasteiger partial charge is 0.254 e. The molecule has 1 aromatic rings. The summed E-state index contributed by atoms with van der Waals surface area (Å²) in [7, 11) is 1.63. The van der Waals surface area contributed by atoms with Crippen LogP contribution in [0.1, 0.15) is 36.2 Å². The first-order chi connectivity index (χ1) is 9.01. The van der Waals surface area contributed by atoms with E-state index in [9.17, 15) is 4.79 Å². The molecule has 1 aromatic carbocycles. The highest BCUT2D eigenvalue weighted by Gasteiger charge is 2.19. The van der Waals surface area contributed by atoms with E-state index in [0.717, 1.165) is 29.6 Å². The van der Waals surface area contributed by atoms with Crippen molar-refractivity contribution in [3.05, 3.63) is 29.3 Å². The number of ether oxygens (including phenoxy) is 1. The molecule has 0 aliphatic heterocycles. The molecule has 0 bridgehead atoms. The van der Waals surface area contributed by atoms with Crippen molar-refractivity contribution in [2.45, 2.75) is 33.2 Å². The van der Waals surface area contributed by atoms with Crippen molar-refractivity contribution in [2.75, 3.05) is 19.0 Å². The van der Waals surface area contributed by atoms with E-state index in [-0.39, 0.29) is 11.9 Å². The van der Waals surface area contributed by atoms with Crippen LogP contribution < -0.4 is 4.74 Å². The predicted molar refractivity (Wildman–Crippen MR) is 82.3 cm³/mol. The van der Waals surface area contributed by atoms with E-state index in [2.05, 4.69) is 15.9 Å². The van der Waals surface area contributed by atoms with Gasteiger partial charge in [-0.1, -0.05) is 22.0 Å². The topological polar surface area (TPSA) is 29.5 Å². The van der Waals surface area contributed by atoms with Gasteiger partial charge < -0.3 is 9.64 Å². The normalized spacial score (nSPS) is 10.6. The Kier molecular flexibility index (Phi) is 6.35. The minimum absolute atomic E-state index is 0.0641. The quantitative estimate of drug-likeness (QED) is 0.746. The molecule has 0 radical (unpaired) electrons. The molecule has 0 atom stereocenters. The molecule has 0 saturated carbocycles. The second-order valence-corrected chi connectivity index (χ2v) is 5.61. The maximum Gasteiger partial charge on any atom is 0.254 e. The summed E-state index contributed by atoms with van der Waals surface area (Å²) in [5.41, 5.74) is 1.72. The average Bonchev–Trinajstić information content (AvgIpc) is 2.39. The number of halogens is 1. The number of carbonyl (C=O) groups excluding carboxylic acids is 1. The van der Waals surface area contributed by atoms with Crippen molar-refractivity contribution in [1.29, 1.82) is 0 Å². The van der Waals surface area contributed by atoms with Crippen LogP contribution in [-0.4, -0.2) is 35.8 Å². The SMILES string of the molecule is COc1cc(C(=O)N(CCCBr)C(C)C)ccc1C. The first kappa shape index (κ1) is 16.0. The van der Waals surface area contributed by atoms with Gasteiger partial charge in [-0.15, -0.1) is 0 Å². The van der Waals surface area contributed by atoms with Gasteiger partial charge in [-0.3, -0.25) is 4.79 Å². The van der Waals surface area contributed by atoms with Crippen molar-refractivity contribution in [3.8, 4) is 5.75 Å². The first-order valence-electron chi connectivity index (χ1n) is 6.52. The third kappa shape index (κ3) is 4.23. The van der Waals surface area contributed by atoms with E-state index in [0.29, 0.717) is 5.56 Å². The molecule has 0 saturated heterocycles. The van der Waals surface area contributed by atoms with Gasteiger partial charge in [0, 0.05) is 23.5 Å². The minimum Gasteiger partial charge on any atom is -0.496 e. The zero-order valence-electron chi connectivity index (χ0n) is 12.1. The summed E-state index contributed by atoms with van der Waals surface area (Å²) in [5.74, 6) is 0.823. The largest absolute Gasteiger partial charge is 0.496 e. The number of methoxy groups -OCH3 is 1. The van der Waals surface area contributed by atoms with Gasteiger partial charge in [0.05, 0.1) is 7.11 Å². The summed E-state index contributed by atoms with van der Waals surface area (Å²) < 4.78 is 5.28. The zero-order valence-corrected chi connectivity index (χ0v) is 13.7. The molecule has 19 heavy (non-hydrogen) atoms. The van der Waals surface area contributed by atoms with Gasteiger partial charge in [0.15, 0.2) is 0 Å². The first-order valence-corrected chi connectivity index (χ1v) is 7.65. The number of hydrogen-bond acceptors (Lipinski definition) is 2. The Hall–Kier alpha value is -1.03. The highest BCUT2D eigenvalue weighted by atomic mass is 79.9. The lowest BCUT2D eigenvalue weighted by molar-refractivity contribution is 0.0706. The number of carbonyl (C=O) groups is 1. The molecular weight excluding hydrogens is 306 g/mol. The van der Waals surface area contributed by atoms with Crippen molar-refractivity contribution in [2.24, 2.45) is 0 Å². The minimum atomic E-state index is 0.0641. The molecular formula is C15H22BrNO2. The fourth-order valence-corrected chi connectivity index (χ4v) is 2.19. The van der Waals surface area contributed by atoms with Crippen molar-refractivity contribution >= 4 is 21.8 Å². The highest BCUT2D eigenvalue weighted by Crippen LogP contribution is 2.20. The molecule has 0 aliphatic carbocycles. The van der Waals surface area contributed by atoms with Gasteiger partial charge >= 0.3 is 0 Å². The maximum atomic E-state index is 12.5.